The van der Waals surface area contributed by atoms with Gasteiger partial charge in [0.05, 0.1) is 18.9 Å². The highest BCUT2D eigenvalue weighted by Crippen LogP contribution is 2.41. The summed E-state index contributed by atoms with van der Waals surface area (Å²) in [4.78, 5) is 19.5. The van der Waals surface area contributed by atoms with Crippen LogP contribution in [0.15, 0.2) is 36.4 Å². The van der Waals surface area contributed by atoms with Gasteiger partial charge in [-0.05, 0) is 12.1 Å². The molecule has 1 aromatic carbocycles. The number of aromatic nitrogens is 2. The monoisotopic (exact) mass is 393 g/mol. The zero-order chi connectivity index (χ0) is 20.1. The number of nitrogens with zero attached hydrogens (tertiary/aromatic N) is 3. The van der Waals surface area contributed by atoms with Crippen molar-refractivity contribution in [1.82, 2.24) is 9.55 Å². The number of hydrogen-bond acceptors (Lipinski definition) is 7. The van der Waals surface area contributed by atoms with Gasteiger partial charge in [-0.25, -0.2) is 4.98 Å². The van der Waals surface area contributed by atoms with Crippen molar-refractivity contribution < 1.29 is 24.5 Å². The molecule has 0 bridgehead atoms. The third kappa shape index (κ3) is 2.80. The molecule has 8 nitrogen and oxygen atoms in total. The van der Waals surface area contributed by atoms with Gasteiger partial charge in [-0.15, -0.1) is 0 Å². The zero-order valence-corrected chi connectivity index (χ0v) is 15.8. The number of hydrogen-bond donors (Lipinski definition) is 2. The highest BCUT2D eigenvalue weighted by atomic mass is 16.5. The van der Waals surface area contributed by atoms with Gasteiger partial charge in [0.15, 0.2) is 5.76 Å². The number of anilines is 1. The molecule has 2 aliphatic heterocycles. The number of fused-ring (bicyclic) bond motifs is 2. The number of Topliss-reactive ketones (excluding diaryl/α,β-unsaturated/α-hetero) is 1. The Bertz CT molecular complexity index is 1170. The number of allylic oxidation sites excluding steroid dienone is 1. The number of pyridine rings is 1. The van der Waals surface area contributed by atoms with E-state index in [9.17, 15) is 15.0 Å². The Hall–Kier alpha value is -3.52. The van der Waals surface area contributed by atoms with Gasteiger partial charge < -0.3 is 29.2 Å². The molecule has 1 fully saturated rings. The summed E-state index contributed by atoms with van der Waals surface area (Å²) in [6, 6.07) is 4.41. The Kier molecular flexibility index (Phi) is 3.95. The number of carbonyl (C=O) groups excluding carboxylic acids is 1. The summed E-state index contributed by atoms with van der Waals surface area (Å²) in [7, 11) is 1.90. The second kappa shape index (κ2) is 6.52. The van der Waals surface area contributed by atoms with Crippen LogP contribution >= 0.6 is 0 Å². The van der Waals surface area contributed by atoms with E-state index in [2.05, 4.69) is 9.88 Å². The van der Waals surface area contributed by atoms with E-state index in [1.54, 1.807) is 12.3 Å². The lowest BCUT2D eigenvalue weighted by Gasteiger charge is -2.29. The molecule has 0 radical (unpaired) electrons. The Morgan fingerprint density at radius 1 is 1.21 bits per heavy atom. The van der Waals surface area contributed by atoms with Crippen LogP contribution in [0.5, 0.6) is 17.2 Å². The Balaban J connectivity index is 1.63. The topological polar surface area (TPSA) is 97.0 Å². The maximum Gasteiger partial charge on any atom is 0.235 e. The largest absolute Gasteiger partial charge is 0.508 e. The van der Waals surface area contributed by atoms with Crippen molar-refractivity contribution in [3.8, 4) is 17.2 Å². The second-order valence-corrected chi connectivity index (χ2v) is 7.10. The first kappa shape index (κ1) is 17.6. The summed E-state index contributed by atoms with van der Waals surface area (Å²) < 4.78 is 13.0. The number of benzene rings is 1. The highest BCUT2D eigenvalue weighted by molar-refractivity contribution is 6.17. The molecule has 2 aliphatic rings. The van der Waals surface area contributed by atoms with Crippen molar-refractivity contribution in [3.05, 3.63) is 47.5 Å². The number of ketones is 1. The number of phenols is 2. The fourth-order valence-electron chi connectivity index (χ4n) is 3.92. The van der Waals surface area contributed by atoms with Crippen LogP contribution in [0, 0.1) is 0 Å². The van der Waals surface area contributed by atoms with Gasteiger partial charge in [0, 0.05) is 55.6 Å². The van der Waals surface area contributed by atoms with Crippen LogP contribution < -0.4 is 9.64 Å². The minimum Gasteiger partial charge on any atom is -0.508 e. The lowest BCUT2D eigenvalue weighted by molar-refractivity contribution is 0.101. The average molecular weight is 393 g/mol. The predicted molar refractivity (Wildman–Crippen MR) is 106 cm³/mol. The molecular formula is C21H19N3O5. The third-order valence-corrected chi connectivity index (χ3v) is 5.24. The first-order valence-corrected chi connectivity index (χ1v) is 9.30. The summed E-state index contributed by atoms with van der Waals surface area (Å²) in [5.41, 5.74) is 2.66. The Labute approximate surface area is 166 Å². The van der Waals surface area contributed by atoms with E-state index >= 15 is 0 Å². The molecule has 0 atom stereocenters. The second-order valence-electron chi connectivity index (χ2n) is 7.10. The van der Waals surface area contributed by atoms with Gasteiger partial charge in [0.2, 0.25) is 5.78 Å². The summed E-state index contributed by atoms with van der Waals surface area (Å²) >= 11 is 0. The van der Waals surface area contributed by atoms with E-state index in [0.717, 1.165) is 41.4 Å². The first-order valence-electron chi connectivity index (χ1n) is 9.30. The van der Waals surface area contributed by atoms with Crippen LogP contribution in [-0.4, -0.2) is 51.9 Å². The van der Waals surface area contributed by atoms with Gasteiger partial charge in [-0.1, -0.05) is 0 Å². The van der Waals surface area contributed by atoms with Crippen molar-refractivity contribution >= 4 is 28.6 Å². The standard InChI is InChI=1S/C21H19N3O5/c1-23-11-12(8-17-20(27)19-15(26)9-13(25)10-16(19)29-17)18-14(2-3-22-21(18)23)24-4-6-28-7-5-24/h2-3,8-11,25-26H,4-7H2,1H3/b17-8-. The number of phenolic OH excluding ortho intramolecular Hbond substituents is 2. The normalized spacial score (nSPS) is 17.8. The molecule has 3 aromatic rings. The van der Waals surface area contributed by atoms with Crippen molar-refractivity contribution in [2.75, 3.05) is 31.2 Å². The van der Waals surface area contributed by atoms with Crippen LogP contribution in [0.25, 0.3) is 17.1 Å². The number of rotatable bonds is 2. The first-order chi connectivity index (χ1) is 14.0. The summed E-state index contributed by atoms with van der Waals surface area (Å²) in [5, 5.41) is 20.6. The van der Waals surface area contributed by atoms with E-state index in [-0.39, 0.29) is 28.6 Å². The molecule has 148 valence electrons. The number of aryl methyl sites for hydroxylation is 1. The van der Waals surface area contributed by atoms with E-state index in [1.165, 1.54) is 6.07 Å². The number of ether oxygens (including phenoxy) is 2. The third-order valence-electron chi connectivity index (χ3n) is 5.24. The van der Waals surface area contributed by atoms with Gasteiger partial charge in [-0.3, -0.25) is 4.79 Å². The van der Waals surface area contributed by atoms with E-state index in [4.69, 9.17) is 9.47 Å². The summed E-state index contributed by atoms with van der Waals surface area (Å²) in [6.07, 6.45) is 5.33. The van der Waals surface area contributed by atoms with Crippen LogP contribution in [0.2, 0.25) is 0 Å². The van der Waals surface area contributed by atoms with Gasteiger partial charge in [0.25, 0.3) is 0 Å². The zero-order valence-electron chi connectivity index (χ0n) is 15.8. The number of morpholine rings is 1. The average Bonchev–Trinajstić information content (AvgIpc) is 3.19. The molecule has 5 rings (SSSR count). The molecule has 0 saturated carbocycles. The number of carbonyl (C=O) groups is 1. The molecule has 0 unspecified atom stereocenters. The minimum absolute atomic E-state index is 0.0563. The van der Waals surface area contributed by atoms with Crippen molar-refractivity contribution in [1.29, 1.82) is 0 Å². The molecular weight excluding hydrogens is 374 g/mol. The quantitative estimate of drug-likeness (QED) is 0.646. The smallest absolute Gasteiger partial charge is 0.235 e. The van der Waals surface area contributed by atoms with Gasteiger partial charge >= 0.3 is 0 Å². The summed E-state index contributed by atoms with van der Waals surface area (Å²) in [6.45, 7) is 2.87. The molecule has 0 aliphatic carbocycles. The Morgan fingerprint density at radius 3 is 2.79 bits per heavy atom. The fraction of sp³-hybridized carbons (Fsp3) is 0.238. The minimum atomic E-state index is -0.425. The molecule has 4 heterocycles. The maximum absolute atomic E-state index is 12.8. The van der Waals surface area contributed by atoms with E-state index < -0.39 is 5.78 Å². The molecule has 0 spiro atoms. The molecule has 2 N–H and O–H groups in total. The van der Waals surface area contributed by atoms with Crippen molar-refractivity contribution in [2.45, 2.75) is 0 Å². The van der Waals surface area contributed by atoms with Crippen LogP contribution in [0.1, 0.15) is 15.9 Å². The lowest BCUT2D eigenvalue weighted by atomic mass is 10.1. The highest BCUT2D eigenvalue weighted by Gasteiger charge is 2.32. The SMILES string of the molecule is Cn1cc(/C=C2\Oc3cc(O)cc(O)c3C2=O)c2c(N3CCOCC3)ccnc21. The van der Waals surface area contributed by atoms with Crippen molar-refractivity contribution in [2.24, 2.45) is 7.05 Å². The van der Waals surface area contributed by atoms with E-state index in [0.29, 0.717) is 13.2 Å². The predicted octanol–water partition coefficient (Wildman–Crippen LogP) is 2.44. The maximum atomic E-state index is 12.8. The Morgan fingerprint density at radius 2 is 2.00 bits per heavy atom. The summed E-state index contributed by atoms with van der Waals surface area (Å²) in [5.74, 6) is -0.664. The van der Waals surface area contributed by atoms with Crippen LogP contribution in [-0.2, 0) is 11.8 Å². The molecule has 8 heteroatoms. The van der Waals surface area contributed by atoms with Gasteiger partial charge in [0.1, 0.15) is 28.5 Å². The molecule has 2 aromatic heterocycles. The molecule has 29 heavy (non-hydrogen) atoms. The van der Waals surface area contributed by atoms with Gasteiger partial charge in [-0.2, -0.15) is 0 Å². The van der Waals surface area contributed by atoms with Crippen molar-refractivity contribution in [3.63, 3.8) is 0 Å². The lowest BCUT2D eigenvalue weighted by Crippen LogP contribution is -2.36. The van der Waals surface area contributed by atoms with E-state index in [1.807, 2.05) is 23.9 Å². The fourth-order valence-corrected chi connectivity index (χ4v) is 3.92. The molecule has 1 saturated heterocycles. The van der Waals surface area contributed by atoms with Crippen LogP contribution in [0.4, 0.5) is 5.69 Å². The number of aromatic hydroxyl groups is 2. The molecule has 0 amide bonds. The van der Waals surface area contributed by atoms with Crippen LogP contribution in [0.3, 0.4) is 0 Å².